The number of alkyl halides is 3. The molecule has 9 heteroatoms. The van der Waals surface area contributed by atoms with Gasteiger partial charge in [0, 0.05) is 0 Å². The molecule has 2 atom stereocenters. The van der Waals surface area contributed by atoms with E-state index in [9.17, 15) is 18.0 Å². The van der Waals surface area contributed by atoms with Crippen LogP contribution in [0.3, 0.4) is 0 Å². The summed E-state index contributed by atoms with van der Waals surface area (Å²) in [4.78, 5) is 10.6. The maximum atomic E-state index is 12.8. The minimum Gasteiger partial charge on any atom is -0.382 e. The first-order chi connectivity index (χ1) is 6.04. The Hall–Kier alpha value is -1.02. The van der Waals surface area contributed by atoms with Crippen LogP contribution in [0.15, 0.2) is 11.1 Å². The quantitative estimate of drug-likeness (QED) is 0.777. The molecule has 0 aliphatic heterocycles. The zero-order valence-corrected chi connectivity index (χ0v) is 7.42. The summed E-state index contributed by atoms with van der Waals surface area (Å²) in [5.74, 6) is 0. The first kappa shape index (κ1) is 13.0. The van der Waals surface area contributed by atoms with E-state index >= 15 is 0 Å². The van der Waals surface area contributed by atoms with E-state index in [1.807, 2.05) is 0 Å². The van der Waals surface area contributed by atoms with E-state index in [0.29, 0.717) is 6.33 Å². The van der Waals surface area contributed by atoms with Gasteiger partial charge in [0.15, 0.2) is 6.10 Å². The lowest BCUT2D eigenvalue weighted by molar-refractivity contribution is -0.0727. The zero-order valence-electron chi connectivity index (χ0n) is 6.60. The van der Waals surface area contributed by atoms with Crippen molar-refractivity contribution in [1.29, 1.82) is 0 Å². The van der Waals surface area contributed by atoms with E-state index in [4.69, 9.17) is 5.11 Å². The van der Waals surface area contributed by atoms with Crippen LogP contribution in [0, 0.1) is 0 Å². The van der Waals surface area contributed by atoms with Crippen molar-refractivity contribution in [3.63, 3.8) is 0 Å². The van der Waals surface area contributed by atoms with Crippen molar-refractivity contribution < 1.29 is 18.3 Å². The van der Waals surface area contributed by atoms with Crippen LogP contribution in [0.4, 0.5) is 13.2 Å². The number of nitrogens with one attached hydrogen (secondary N) is 1. The van der Waals surface area contributed by atoms with Gasteiger partial charge in [-0.3, -0.25) is 0 Å². The van der Waals surface area contributed by atoms with Crippen LogP contribution in [0.2, 0.25) is 0 Å². The van der Waals surface area contributed by atoms with E-state index < -0.39 is 24.5 Å². The van der Waals surface area contributed by atoms with Crippen LogP contribution in [-0.2, 0) is 0 Å². The highest BCUT2D eigenvalue weighted by Crippen LogP contribution is 2.16. The van der Waals surface area contributed by atoms with Crippen molar-refractivity contribution in [2.75, 3.05) is 0 Å². The van der Waals surface area contributed by atoms with Gasteiger partial charge in [0.25, 0.3) is 6.43 Å². The van der Waals surface area contributed by atoms with E-state index in [2.05, 4.69) is 5.10 Å². The summed E-state index contributed by atoms with van der Waals surface area (Å²) in [5.41, 5.74) is -0.993. The molecule has 0 aromatic carbocycles. The van der Waals surface area contributed by atoms with Crippen molar-refractivity contribution in [3.05, 3.63) is 16.8 Å². The predicted molar refractivity (Wildman–Crippen MR) is 42.3 cm³/mol. The number of halogens is 4. The maximum Gasteiger partial charge on any atom is 0.345 e. The lowest BCUT2D eigenvalue weighted by atomic mass is 10.3. The number of aliphatic hydroxyl groups is 1. The lowest BCUT2D eigenvalue weighted by Gasteiger charge is -2.13. The molecule has 0 amide bonds. The van der Waals surface area contributed by atoms with Gasteiger partial charge in [-0.2, -0.15) is 5.10 Å². The number of rotatable bonds is 3. The topological polar surface area (TPSA) is 70.9 Å². The molecule has 1 aromatic heterocycles. The minimum absolute atomic E-state index is 0. The zero-order chi connectivity index (χ0) is 10.0. The van der Waals surface area contributed by atoms with Crippen LogP contribution < -0.4 is 5.69 Å². The molecule has 82 valence electrons. The first-order valence-corrected chi connectivity index (χ1v) is 3.26. The first-order valence-electron chi connectivity index (χ1n) is 3.26. The third-order valence-electron chi connectivity index (χ3n) is 1.38. The van der Waals surface area contributed by atoms with E-state index in [-0.39, 0.29) is 17.0 Å². The molecule has 0 radical (unpaired) electrons. The van der Waals surface area contributed by atoms with Crippen LogP contribution in [0.25, 0.3) is 0 Å². The summed E-state index contributed by atoms with van der Waals surface area (Å²) >= 11 is 0. The van der Waals surface area contributed by atoms with Gasteiger partial charge in [-0.25, -0.2) is 27.6 Å². The third kappa shape index (κ3) is 2.48. The summed E-state index contributed by atoms with van der Waals surface area (Å²) in [6, 6.07) is 0. The molecule has 5 nitrogen and oxygen atoms in total. The average Bonchev–Trinajstić information content (AvgIpc) is 2.48. The number of hydrogen-bond donors (Lipinski definition) is 2. The normalized spacial score (nSPS) is 14.9. The molecular formula is C5H7ClF3N3O2. The van der Waals surface area contributed by atoms with Gasteiger partial charge in [-0.05, 0) is 0 Å². The smallest absolute Gasteiger partial charge is 0.345 e. The van der Waals surface area contributed by atoms with Gasteiger partial charge >= 0.3 is 5.69 Å². The number of hydrogen-bond acceptors (Lipinski definition) is 3. The van der Waals surface area contributed by atoms with Crippen LogP contribution in [-0.4, -0.2) is 32.4 Å². The third-order valence-corrected chi connectivity index (χ3v) is 1.38. The summed E-state index contributed by atoms with van der Waals surface area (Å²) in [6.45, 7) is 0. The molecule has 0 fully saturated rings. The highest BCUT2D eigenvalue weighted by molar-refractivity contribution is 5.85. The molecular weight excluding hydrogens is 227 g/mol. The van der Waals surface area contributed by atoms with Crippen molar-refractivity contribution >= 4 is 12.4 Å². The number of nitrogens with zero attached hydrogens (tertiary/aromatic N) is 2. The Kier molecular flexibility index (Phi) is 4.64. The minimum atomic E-state index is -3.25. The molecule has 2 N–H and O–H groups in total. The summed E-state index contributed by atoms with van der Waals surface area (Å²) in [6.07, 6.45) is -7.59. The molecule has 1 aromatic rings. The van der Waals surface area contributed by atoms with Crippen molar-refractivity contribution in [2.45, 2.75) is 18.8 Å². The Morgan fingerprint density at radius 1 is 1.50 bits per heavy atom. The highest BCUT2D eigenvalue weighted by Gasteiger charge is 2.29. The van der Waals surface area contributed by atoms with Gasteiger partial charge in [0.1, 0.15) is 6.33 Å². The van der Waals surface area contributed by atoms with Gasteiger partial charge in [0.2, 0.25) is 6.30 Å². The molecule has 1 rings (SSSR count). The number of aliphatic hydroxyl groups excluding tert-OH is 1. The summed E-state index contributed by atoms with van der Waals surface area (Å²) in [7, 11) is 0. The van der Waals surface area contributed by atoms with Crippen LogP contribution in [0.5, 0.6) is 0 Å². The Morgan fingerprint density at radius 2 is 2.07 bits per heavy atom. The Labute approximate surface area is 82.0 Å². The second-order valence-electron chi connectivity index (χ2n) is 2.27. The largest absolute Gasteiger partial charge is 0.382 e. The summed E-state index contributed by atoms with van der Waals surface area (Å²) < 4.78 is 36.6. The van der Waals surface area contributed by atoms with Gasteiger partial charge in [-0.15, -0.1) is 12.4 Å². The van der Waals surface area contributed by atoms with E-state index in [0.717, 1.165) is 0 Å². The molecule has 0 saturated heterocycles. The maximum absolute atomic E-state index is 12.8. The van der Waals surface area contributed by atoms with Gasteiger partial charge < -0.3 is 5.11 Å². The molecule has 0 spiro atoms. The second kappa shape index (κ2) is 5.01. The van der Waals surface area contributed by atoms with Crippen LogP contribution >= 0.6 is 12.4 Å². The van der Waals surface area contributed by atoms with Gasteiger partial charge in [-0.1, -0.05) is 0 Å². The van der Waals surface area contributed by atoms with Crippen molar-refractivity contribution in [3.8, 4) is 0 Å². The van der Waals surface area contributed by atoms with Crippen LogP contribution in [0.1, 0.15) is 6.30 Å². The fourth-order valence-corrected chi connectivity index (χ4v) is 0.717. The van der Waals surface area contributed by atoms with E-state index in [1.165, 1.54) is 0 Å². The number of H-pyrrole nitrogens is 1. The average molecular weight is 234 g/mol. The molecule has 1 heterocycles. The summed E-state index contributed by atoms with van der Waals surface area (Å²) in [5, 5.41) is 13.5. The molecule has 0 aliphatic rings. The molecule has 0 bridgehead atoms. The lowest BCUT2D eigenvalue weighted by Crippen LogP contribution is -2.32. The fraction of sp³-hybridized carbons (Fsp3) is 0.600. The molecule has 0 aliphatic carbocycles. The highest BCUT2D eigenvalue weighted by atomic mass is 35.5. The second-order valence-corrected chi connectivity index (χ2v) is 2.27. The Balaban J connectivity index is 0.00000169. The predicted octanol–water partition coefficient (Wildman–Crippen LogP) is 0.0873. The number of aromatic amines is 1. The van der Waals surface area contributed by atoms with Gasteiger partial charge in [0.05, 0.1) is 0 Å². The SMILES string of the molecule is Cl.O=c1[nH]ncn1C(F)[C@H](O)C(F)F. The molecule has 14 heavy (non-hydrogen) atoms. The standard InChI is InChI=1S/C5H6F3N3O2.ClH/c6-3(7)2(12)4(8)11-1-9-10-5(11)13;/h1-4,12H,(H,10,13);1H/t2-,4?;/m1./s1. The van der Waals surface area contributed by atoms with Crippen molar-refractivity contribution in [1.82, 2.24) is 14.8 Å². The monoisotopic (exact) mass is 233 g/mol. The Morgan fingerprint density at radius 3 is 2.43 bits per heavy atom. The van der Waals surface area contributed by atoms with E-state index in [1.54, 1.807) is 5.10 Å². The molecule has 1 unspecified atom stereocenters. The molecule has 0 saturated carbocycles. The van der Waals surface area contributed by atoms with Crippen molar-refractivity contribution in [2.24, 2.45) is 0 Å². The Bertz CT molecular complexity index is 328. The fourth-order valence-electron chi connectivity index (χ4n) is 0.717. The number of aromatic nitrogens is 3.